The zero-order valence-corrected chi connectivity index (χ0v) is 53.2. The van der Waals surface area contributed by atoms with Gasteiger partial charge in [-0.1, -0.05) is 96.4 Å². The number of nitrogens with zero attached hydrogens (tertiary/aromatic N) is 1. The zero-order valence-electron chi connectivity index (χ0n) is 53.2. The number of ketones is 3. The van der Waals surface area contributed by atoms with Crippen molar-refractivity contribution in [1.82, 2.24) is 10.4 Å². The first kappa shape index (κ1) is 62.2. The van der Waals surface area contributed by atoms with Crippen molar-refractivity contribution in [3.05, 3.63) is 0 Å². The second kappa shape index (κ2) is 21.7. The number of carbonyl (C=O) groups excluding carboxylic acids is 5. The van der Waals surface area contributed by atoms with E-state index >= 15 is 0 Å². The lowest BCUT2D eigenvalue weighted by atomic mass is 9.45. The molecule has 17 nitrogen and oxygen atoms in total. The molecule has 17 unspecified atom stereocenters. The van der Waals surface area contributed by atoms with Gasteiger partial charge in [-0.3, -0.25) is 29.4 Å². The van der Waals surface area contributed by atoms with Crippen molar-refractivity contribution in [2.75, 3.05) is 0 Å². The Kier molecular flexibility index (Phi) is 16.2. The molecule has 0 aromatic carbocycles. The van der Waals surface area contributed by atoms with Crippen molar-refractivity contribution in [3.8, 4) is 0 Å². The first-order valence-corrected chi connectivity index (χ1v) is 32.8. The fraction of sp³-hybridized carbons (Fsp3) is 0.924. The van der Waals surface area contributed by atoms with Crippen molar-refractivity contribution in [2.24, 2.45) is 86.8 Å². The lowest BCUT2D eigenvalue weighted by molar-refractivity contribution is -0.571. The van der Waals surface area contributed by atoms with Crippen molar-refractivity contribution in [2.45, 2.75) is 298 Å². The predicted molar refractivity (Wildman–Crippen MR) is 303 cm³/mol. The van der Waals surface area contributed by atoms with Gasteiger partial charge < -0.3 is 18.9 Å². The lowest BCUT2D eigenvalue weighted by Crippen LogP contribution is -2.77. The third-order valence-electron chi connectivity index (χ3n) is 23.5. The average molecular weight is 1170 g/mol. The van der Waals surface area contributed by atoms with Crippen molar-refractivity contribution >= 4 is 29.2 Å². The first-order valence-electron chi connectivity index (χ1n) is 32.8. The molecule has 16 fully saturated rings. The molecule has 0 radical (unpaired) electrons. The Labute approximate surface area is 494 Å². The monoisotopic (exact) mass is 1160 g/mol. The number of hydrogen-bond donors (Lipinski definition) is 1. The van der Waals surface area contributed by atoms with Gasteiger partial charge in [0.25, 0.3) is 0 Å². The number of ether oxygens (including phenoxy) is 4. The summed E-state index contributed by atoms with van der Waals surface area (Å²) < 4.78 is 26.0. The van der Waals surface area contributed by atoms with Gasteiger partial charge in [-0.2, -0.15) is 9.78 Å². The molecule has 0 aromatic heterocycles. The highest BCUT2D eigenvalue weighted by molar-refractivity contribution is 5.90. The molecule has 16 rings (SSSR count). The molecule has 2 amide bonds. The largest absolute Gasteiger partial charge is 0.346 e. The van der Waals surface area contributed by atoms with Crippen LogP contribution in [-0.2, 0) is 72.2 Å². The summed E-state index contributed by atoms with van der Waals surface area (Å²) >= 11 is 0. The number of nitrogens with one attached hydrogen (secondary N) is 1. The number of rotatable bonds is 8. The van der Waals surface area contributed by atoms with Gasteiger partial charge in [-0.05, 0) is 139 Å². The van der Waals surface area contributed by atoms with Crippen LogP contribution in [0.2, 0.25) is 0 Å². The maximum Gasteiger partial charge on any atom is 0.246 e. The van der Waals surface area contributed by atoms with Crippen LogP contribution >= 0.6 is 0 Å². The molecular formula is C66H104N2O15. The highest BCUT2D eigenvalue weighted by Crippen LogP contribution is 2.69. The Balaban J connectivity index is 0.000000131. The second-order valence-corrected chi connectivity index (χ2v) is 32.5. The SMILES string of the molecule is CC(C)(C)C(=O)C12CC3CC(C1)C1(OOC4(CCCCC4)O1)C(C3)C2.CC1CCC2C(C)C(=O)N(NC(=O)CCC(=O)C(C)(C)C)C3OC4(C)CCC1C23OO4.CC1CCC2C(C)C(CCC(=O)C(C)(C)C)OC3OC4(C)CCC1C32OO4. The van der Waals surface area contributed by atoms with Crippen LogP contribution in [-0.4, -0.2) is 87.1 Å². The maximum atomic E-state index is 13.4. The molecule has 9 heterocycles. The smallest absolute Gasteiger partial charge is 0.246 e. The van der Waals surface area contributed by atoms with E-state index in [0.717, 1.165) is 103 Å². The van der Waals surface area contributed by atoms with E-state index in [-0.39, 0.29) is 70.5 Å². The number of hydrogen-bond acceptors (Lipinski definition) is 15. The Morgan fingerprint density at radius 1 is 0.590 bits per heavy atom. The topological polar surface area (TPSA) is 193 Å². The van der Waals surface area contributed by atoms with Crippen LogP contribution in [0.1, 0.15) is 245 Å². The van der Waals surface area contributed by atoms with Crippen LogP contribution < -0.4 is 5.43 Å². The fourth-order valence-corrected chi connectivity index (χ4v) is 19.0. The van der Waals surface area contributed by atoms with Crippen molar-refractivity contribution < 1.29 is 72.2 Å². The van der Waals surface area contributed by atoms with E-state index < -0.39 is 52.3 Å². The van der Waals surface area contributed by atoms with E-state index in [1.54, 1.807) is 0 Å². The standard InChI is InChI=1S/C23H36N2O6.C22H36O5.C21H32O4/c1-13-7-8-16-14(2)19(28)25(24-18(27)10-9-17(26)21(3,4)5)20-23(16)15(13)11-12-22(6,29-20)30-31-23;1-13-7-8-16-14(2)17(9-10-18(23)20(3,4)5)24-19-22(16)15(13)11-12-21(6,25-19)26-27-22;1-18(2,3)17(22)19-11-14-9-15(12-19)21(16(10-14)13-19)23-20(24-25-21)7-5-4-6-8-20/h13-16,20H,7-12H2,1-6H3,(H,24,27);13-17,19H,7-12H2,1-6H3;14-16H,4-13H2,1-3H3. The van der Waals surface area contributed by atoms with E-state index in [1.807, 2.05) is 62.3 Å². The fourth-order valence-electron chi connectivity index (χ4n) is 19.0. The van der Waals surface area contributed by atoms with Gasteiger partial charge in [0.2, 0.25) is 35.0 Å². The van der Waals surface area contributed by atoms with E-state index in [4.69, 9.17) is 48.3 Å². The molecule has 17 atom stereocenters. The average Bonchev–Trinajstić information content (AvgIpc) is 2.75. The van der Waals surface area contributed by atoms with Gasteiger partial charge >= 0.3 is 0 Å². The van der Waals surface area contributed by atoms with Gasteiger partial charge in [0.05, 0.1) is 6.10 Å². The van der Waals surface area contributed by atoms with Crippen molar-refractivity contribution in [1.29, 1.82) is 0 Å². The minimum Gasteiger partial charge on any atom is -0.346 e. The number of carbonyl (C=O) groups is 5. The van der Waals surface area contributed by atoms with Crippen LogP contribution in [0.3, 0.4) is 0 Å². The maximum absolute atomic E-state index is 13.4. The third kappa shape index (κ3) is 10.7. The number of Topliss-reactive ketones (excluding diaryl/α,β-unsaturated/α-hetero) is 3. The van der Waals surface area contributed by atoms with Gasteiger partial charge in [0.15, 0.2) is 23.7 Å². The molecule has 7 aliphatic carbocycles. The normalized spacial score (nSPS) is 46.2. The zero-order chi connectivity index (χ0) is 59.9. The molecule has 8 bridgehead atoms. The molecule has 17 heteroatoms. The summed E-state index contributed by atoms with van der Waals surface area (Å²) in [5.74, 6) is 0.533. The summed E-state index contributed by atoms with van der Waals surface area (Å²) in [6, 6.07) is 0. The molecule has 83 heavy (non-hydrogen) atoms. The van der Waals surface area contributed by atoms with Crippen LogP contribution in [0, 0.1) is 86.8 Å². The van der Waals surface area contributed by atoms with E-state index in [1.165, 1.54) is 17.9 Å². The predicted octanol–water partition coefficient (Wildman–Crippen LogP) is 12.5. The molecular weight excluding hydrogens is 1060 g/mol. The number of hydrazine groups is 1. The summed E-state index contributed by atoms with van der Waals surface area (Å²) in [5, 5.41) is 1.34. The molecule has 16 aliphatic rings. The van der Waals surface area contributed by atoms with Crippen LogP contribution in [0.5, 0.6) is 0 Å². The van der Waals surface area contributed by atoms with E-state index in [2.05, 4.69) is 47.0 Å². The van der Waals surface area contributed by atoms with Crippen molar-refractivity contribution in [3.63, 3.8) is 0 Å². The van der Waals surface area contributed by atoms with Gasteiger partial charge in [-0.15, -0.1) is 0 Å². The van der Waals surface area contributed by atoms with Gasteiger partial charge in [0, 0.05) is 96.2 Å². The minimum atomic E-state index is -0.969. The Morgan fingerprint density at radius 2 is 1.16 bits per heavy atom. The lowest BCUT2D eigenvalue weighted by Gasteiger charge is -2.62. The van der Waals surface area contributed by atoms with E-state index in [9.17, 15) is 24.0 Å². The molecule has 0 aromatic rings. The Bertz CT molecular complexity index is 2480. The highest BCUT2D eigenvalue weighted by Gasteiger charge is 2.74. The molecule has 4 spiro atoms. The summed E-state index contributed by atoms with van der Waals surface area (Å²) in [4.78, 5) is 100. The summed E-state index contributed by atoms with van der Waals surface area (Å²) in [5.41, 5.74) is 0.241. The number of piperidine rings is 1. The highest BCUT2D eigenvalue weighted by atomic mass is 17.3. The Morgan fingerprint density at radius 3 is 1.76 bits per heavy atom. The molecule has 7 saturated carbocycles. The van der Waals surface area contributed by atoms with Crippen LogP contribution in [0.15, 0.2) is 0 Å². The summed E-state index contributed by atoms with van der Waals surface area (Å²) in [6.45, 7) is 30.2. The quantitative estimate of drug-likeness (QED) is 0.225. The molecule has 1 N–H and O–H groups in total. The third-order valence-corrected chi connectivity index (χ3v) is 23.5. The van der Waals surface area contributed by atoms with Gasteiger partial charge in [0.1, 0.15) is 17.3 Å². The number of amides is 2. The van der Waals surface area contributed by atoms with Gasteiger partial charge in [-0.25, -0.2) is 24.6 Å². The van der Waals surface area contributed by atoms with E-state index in [0.29, 0.717) is 71.8 Å². The summed E-state index contributed by atoms with van der Waals surface area (Å²) in [6.07, 6.45) is 18.6. The first-order chi connectivity index (χ1) is 38.7. The Hall–Kier alpha value is -2.45. The van der Waals surface area contributed by atoms with Crippen LogP contribution in [0.4, 0.5) is 0 Å². The molecule has 9 aliphatic heterocycles. The second-order valence-electron chi connectivity index (χ2n) is 32.5. The van der Waals surface area contributed by atoms with Crippen LogP contribution in [0.25, 0.3) is 0 Å². The number of fused-ring (bicyclic) bond motifs is 4. The minimum absolute atomic E-state index is 0.00911. The molecule has 468 valence electrons. The molecule has 9 saturated heterocycles. The summed E-state index contributed by atoms with van der Waals surface area (Å²) in [7, 11) is 0.